The van der Waals surface area contributed by atoms with Crippen molar-refractivity contribution < 1.29 is 0 Å². The van der Waals surface area contributed by atoms with Crippen LogP contribution in [0.5, 0.6) is 0 Å². The van der Waals surface area contributed by atoms with Crippen LogP contribution in [0.2, 0.25) is 10.0 Å². The van der Waals surface area contributed by atoms with Crippen molar-refractivity contribution in [3.05, 3.63) is 105 Å². The lowest BCUT2D eigenvalue weighted by Gasteiger charge is -2.05. The predicted octanol–water partition coefficient (Wildman–Crippen LogP) is 5.47. The zero-order chi connectivity index (χ0) is 23.2. The summed E-state index contributed by atoms with van der Waals surface area (Å²) in [4.78, 5) is 27.7. The number of hydrogen-bond donors (Lipinski definition) is 0. The fourth-order valence-corrected chi connectivity index (χ4v) is 4.13. The Kier molecular flexibility index (Phi) is 4.86. The number of nitrogens with zero attached hydrogens (tertiary/aromatic N) is 6. The predicted molar refractivity (Wildman–Crippen MR) is 135 cm³/mol. The maximum Gasteiger partial charge on any atom is 0.269 e. The van der Waals surface area contributed by atoms with Gasteiger partial charge < -0.3 is 0 Å². The highest BCUT2D eigenvalue weighted by molar-refractivity contribution is 6.42. The summed E-state index contributed by atoms with van der Waals surface area (Å²) in [5.41, 5.74) is 3.77. The van der Waals surface area contributed by atoms with Crippen LogP contribution in [-0.4, -0.2) is 30.4 Å². The Labute approximate surface area is 202 Å². The SMILES string of the molecule is O=c1c2c3nc4ccccc4nc3n(/N=C/c3ccc(Cl)c(Cl)c3)c2ncn1-c1ccccc1. The molecule has 9 heteroatoms. The Hall–Kier alpha value is -4.07. The zero-order valence-electron chi connectivity index (χ0n) is 17.4. The zero-order valence-corrected chi connectivity index (χ0v) is 18.9. The molecule has 7 nitrogen and oxygen atoms in total. The van der Waals surface area contributed by atoms with Crippen molar-refractivity contribution in [3.8, 4) is 5.69 Å². The molecule has 3 aromatic heterocycles. The van der Waals surface area contributed by atoms with Gasteiger partial charge in [0.25, 0.3) is 5.56 Å². The molecule has 3 heterocycles. The fourth-order valence-electron chi connectivity index (χ4n) is 3.82. The van der Waals surface area contributed by atoms with Crippen LogP contribution in [0.25, 0.3) is 38.9 Å². The summed E-state index contributed by atoms with van der Waals surface area (Å²) in [6.45, 7) is 0. The average molecular weight is 485 g/mol. The first kappa shape index (κ1) is 20.5. The monoisotopic (exact) mass is 484 g/mol. The van der Waals surface area contributed by atoms with Gasteiger partial charge in [-0.2, -0.15) is 9.78 Å². The van der Waals surface area contributed by atoms with Crippen molar-refractivity contribution in [2.24, 2.45) is 5.10 Å². The molecule has 0 N–H and O–H groups in total. The average Bonchev–Trinajstić information content (AvgIpc) is 3.17. The molecular weight excluding hydrogens is 471 g/mol. The van der Waals surface area contributed by atoms with Crippen LogP contribution in [0.15, 0.2) is 89.0 Å². The Morgan fingerprint density at radius 1 is 0.824 bits per heavy atom. The molecule has 0 bridgehead atoms. The number of rotatable bonds is 3. The molecule has 0 amide bonds. The Balaban J connectivity index is 1.66. The third-order valence-corrected chi connectivity index (χ3v) is 6.18. The number of hydrogen-bond acceptors (Lipinski definition) is 5. The second-order valence-electron chi connectivity index (χ2n) is 7.57. The van der Waals surface area contributed by atoms with E-state index in [1.165, 1.54) is 15.6 Å². The smallest absolute Gasteiger partial charge is 0.268 e. The van der Waals surface area contributed by atoms with Gasteiger partial charge in [-0.25, -0.2) is 15.0 Å². The number of fused-ring (bicyclic) bond motifs is 4. The van der Waals surface area contributed by atoms with Crippen LogP contribution in [-0.2, 0) is 0 Å². The van der Waals surface area contributed by atoms with Gasteiger partial charge in [0.15, 0.2) is 11.3 Å². The minimum Gasteiger partial charge on any atom is -0.268 e. The minimum atomic E-state index is -0.255. The molecule has 0 saturated carbocycles. The van der Waals surface area contributed by atoms with E-state index >= 15 is 0 Å². The van der Waals surface area contributed by atoms with Gasteiger partial charge in [0.05, 0.1) is 33.0 Å². The standard InChI is InChI=1S/C25H14Cl2N6O/c26-17-11-10-15(12-18(17)27)13-29-33-23-21(22-24(33)31-20-9-5-4-8-19(20)30-22)25(34)32(14-28-23)16-6-2-1-3-7-16/h1-14H/b29-13+. The normalized spacial score (nSPS) is 11.8. The van der Waals surface area contributed by atoms with Crippen LogP contribution in [0.1, 0.15) is 5.56 Å². The number of halogens is 2. The highest BCUT2D eigenvalue weighted by Crippen LogP contribution is 2.26. The van der Waals surface area contributed by atoms with Crippen LogP contribution < -0.4 is 5.56 Å². The fraction of sp³-hybridized carbons (Fsp3) is 0. The van der Waals surface area contributed by atoms with Crippen LogP contribution in [0.4, 0.5) is 0 Å². The summed E-state index contributed by atoms with van der Waals surface area (Å²) in [7, 11) is 0. The lowest BCUT2D eigenvalue weighted by Crippen LogP contribution is -2.18. The lowest BCUT2D eigenvalue weighted by atomic mass is 10.2. The Morgan fingerprint density at radius 3 is 2.32 bits per heavy atom. The summed E-state index contributed by atoms with van der Waals surface area (Å²) in [6, 6.07) is 22.0. The molecular formula is C25H14Cl2N6O. The van der Waals surface area contributed by atoms with Crippen molar-refractivity contribution in [1.82, 2.24) is 24.2 Å². The van der Waals surface area contributed by atoms with Gasteiger partial charge in [-0.1, -0.05) is 59.6 Å². The van der Waals surface area contributed by atoms with Crippen LogP contribution in [0.3, 0.4) is 0 Å². The Morgan fingerprint density at radius 2 is 1.56 bits per heavy atom. The molecule has 0 saturated heterocycles. The molecule has 6 rings (SSSR count). The number of aromatic nitrogens is 5. The van der Waals surface area contributed by atoms with Gasteiger partial charge in [-0.3, -0.25) is 9.36 Å². The highest BCUT2D eigenvalue weighted by atomic mass is 35.5. The minimum absolute atomic E-state index is 0.255. The van der Waals surface area contributed by atoms with E-state index in [0.29, 0.717) is 49.0 Å². The van der Waals surface area contributed by atoms with Gasteiger partial charge in [-0.15, -0.1) is 0 Å². The third kappa shape index (κ3) is 3.34. The maximum absolute atomic E-state index is 13.6. The molecule has 0 aliphatic carbocycles. The summed E-state index contributed by atoms with van der Waals surface area (Å²) in [6.07, 6.45) is 3.10. The largest absolute Gasteiger partial charge is 0.269 e. The summed E-state index contributed by atoms with van der Waals surface area (Å²) in [5.74, 6) is 0. The first-order valence-electron chi connectivity index (χ1n) is 10.3. The van der Waals surface area contributed by atoms with Crippen LogP contribution >= 0.6 is 23.2 Å². The van der Waals surface area contributed by atoms with Crippen molar-refractivity contribution in [1.29, 1.82) is 0 Å². The van der Waals surface area contributed by atoms with Gasteiger partial charge in [-0.05, 0) is 42.0 Å². The van der Waals surface area contributed by atoms with Gasteiger partial charge in [0.1, 0.15) is 17.2 Å². The molecule has 0 spiro atoms. The van der Waals surface area contributed by atoms with E-state index in [-0.39, 0.29) is 5.56 Å². The van der Waals surface area contributed by atoms with Gasteiger partial charge in [0, 0.05) is 0 Å². The molecule has 0 atom stereocenters. The van der Waals surface area contributed by atoms with E-state index < -0.39 is 0 Å². The molecule has 0 fully saturated rings. The van der Waals surface area contributed by atoms with Crippen molar-refractivity contribution in [2.45, 2.75) is 0 Å². The molecule has 164 valence electrons. The molecule has 0 radical (unpaired) electrons. The summed E-state index contributed by atoms with van der Waals surface area (Å²) >= 11 is 12.2. The third-order valence-electron chi connectivity index (χ3n) is 5.44. The van der Waals surface area contributed by atoms with E-state index in [9.17, 15) is 4.79 Å². The van der Waals surface area contributed by atoms with E-state index in [2.05, 4.69) is 10.1 Å². The molecule has 0 aliphatic heterocycles. The maximum atomic E-state index is 13.6. The number of benzene rings is 3. The first-order valence-corrected chi connectivity index (χ1v) is 11.1. The Bertz CT molecular complexity index is 1810. The van der Waals surface area contributed by atoms with Gasteiger partial charge in [0.2, 0.25) is 0 Å². The van der Waals surface area contributed by atoms with E-state index in [1.807, 2.05) is 54.6 Å². The second kappa shape index (κ2) is 8.06. The molecule has 0 unspecified atom stereocenters. The first-order chi connectivity index (χ1) is 16.6. The lowest BCUT2D eigenvalue weighted by molar-refractivity contribution is 0.906. The van der Waals surface area contributed by atoms with E-state index in [1.54, 1.807) is 24.4 Å². The number of para-hydroxylation sites is 3. The van der Waals surface area contributed by atoms with Gasteiger partial charge >= 0.3 is 0 Å². The molecule has 34 heavy (non-hydrogen) atoms. The van der Waals surface area contributed by atoms with Crippen molar-refractivity contribution >= 4 is 62.6 Å². The second-order valence-corrected chi connectivity index (χ2v) is 8.38. The van der Waals surface area contributed by atoms with Crippen molar-refractivity contribution in [2.75, 3.05) is 0 Å². The molecule has 6 aromatic rings. The quantitative estimate of drug-likeness (QED) is 0.312. The highest BCUT2D eigenvalue weighted by Gasteiger charge is 2.20. The molecule has 3 aromatic carbocycles. The van der Waals surface area contributed by atoms with E-state index in [4.69, 9.17) is 33.2 Å². The topological polar surface area (TPSA) is 78.0 Å². The van der Waals surface area contributed by atoms with Crippen LogP contribution in [0, 0.1) is 0 Å². The summed E-state index contributed by atoms with van der Waals surface area (Å²) in [5, 5.41) is 5.80. The van der Waals surface area contributed by atoms with E-state index in [0.717, 1.165) is 5.56 Å². The van der Waals surface area contributed by atoms with Crippen molar-refractivity contribution in [3.63, 3.8) is 0 Å². The molecule has 0 aliphatic rings. The summed E-state index contributed by atoms with van der Waals surface area (Å²) < 4.78 is 3.02.